The van der Waals surface area contributed by atoms with Gasteiger partial charge in [0.1, 0.15) is 0 Å². The Balaban J connectivity index is 2.04. The van der Waals surface area contributed by atoms with Crippen molar-refractivity contribution in [1.29, 1.82) is 0 Å². The second-order valence-electron chi connectivity index (χ2n) is 6.51. The molecule has 5 atom stereocenters. The SMILES string of the molecule is CC1CCC(C(N)C2CCCCS2(=O)=O)CC1C. The average molecular weight is 273 g/mol. The summed E-state index contributed by atoms with van der Waals surface area (Å²) in [5.74, 6) is 2.20. The Labute approximate surface area is 111 Å². The molecule has 0 aromatic carbocycles. The normalized spacial score (nSPS) is 42.4. The van der Waals surface area contributed by atoms with Crippen LogP contribution in [-0.2, 0) is 9.84 Å². The van der Waals surface area contributed by atoms with Crippen molar-refractivity contribution in [1.82, 2.24) is 0 Å². The van der Waals surface area contributed by atoms with E-state index in [1.54, 1.807) is 0 Å². The van der Waals surface area contributed by atoms with Gasteiger partial charge in [-0.2, -0.15) is 0 Å². The zero-order valence-electron chi connectivity index (χ0n) is 11.6. The molecule has 0 aromatic rings. The summed E-state index contributed by atoms with van der Waals surface area (Å²) in [6.45, 7) is 4.57. The first-order valence-electron chi connectivity index (χ1n) is 7.39. The standard InChI is InChI=1S/C14H27NO2S/c1-10-6-7-12(9-11(10)2)14(15)13-5-3-4-8-18(13,16)17/h10-14H,3-9,15H2,1-2H3. The zero-order valence-corrected chi connectivity index (χ0v) is 12.5. The molecule has 0 bridgehead atoms. The molecule has 1 saturated heterocycles. The van der Waals surface area contributed by atoms with Crippen molar-refractivity contribution in [3.8, 4) is 0 Å². The Morgan fingerprint density at radius 3 is 2.39 bits per heavy atom. The van der Waals surface area contributed by atoms with Crippen molar-refractivity contribution in [3.05, 3.63) is 0 Å². The summed E-state index contributed by atoms with van der Waals surface area (Å²) in [4.78, 5) is 0. The van der Waals surface area contributed by atoms with Gasteiger partial charge in [-0.15, -0.1) is 0 Å². The molecule has 0 aromatic heterocycles. The maximum atomic E-state index is 12.1. The van der Waals surface area contributed by atoms with E-state index in [9.17, 15) is 8.42 Å². The summed E-state index contributed by atoms with van der Waals surface area (Å²) < 4.78 is 24.3. The van der Waals surface area contributed by atoms with Crippen LogP contribution in [0.3, 0.4) is 0 Å². The number of sulfone groups is 1. The fourth-order valence-corrected chi connectivity index (χ4v) is 5.79. The van der Waals surface area contributed by atoms with Crippen molar-refractivity contribution in [2.24, 2.45) is 23.5 Å². The first-order valence-corrected chi connectivity index (χ1v) is 9.10. The van der Waals surface area contributed by atoms with Crippen LogP contribution in [0.4, 0.5) is 0 Å². The fraction of sp³-hybridized carbons (Fsp3) is 1.00. The molecule has 0 spiro atoms. The van der Waals surface area contributed by atoms with Gasteiger partial charge in [0, 0.05) is 6.04 Å². The van der Waals surface area contributed by atoms with Gasteiger partial charge >= 0.3 is 0 Å². The van der Waals surface area contributed by atoms with Crippen molar-refractivity contribution < 1.29 is 8.42 Å². The molecule has 2 N–H and O–H groups in total. The quantitative estimate of drug-likeness (QED) is 0.840. The van der Waals surface area contributed by atoms with E-state index in [1.807, 2.05) is 0 Å². The summed E-state index contributed by atoms with van der Waals surface area (Å²) in [6, 6.07) is -0.134. The molecule has 1 heterocycles. The van der Waals surface area contributed by atoms with Gasteiger partial charge in [-0.1, -0.05) is 26.7 Å². The highest BCUT2D eigenvalue weighted by atomic mass is 32.2. The molecule has 106 valence electrons. The lowest BCUT2D eigenvalue weighted by molar-refractivity contribution is 0.180. The van der Waals surface area contributed by atoms with Crippen molar-refractivity contribution in [2.45, 2.75) is 63.7 Å². The van der Waals surface area contributed by atoms with Gasteiger partial charge in [-0.25, -0.2) is 8.42 Å². The highest BCUT2D eigenvalue weighted by molar-refractivity contribution is 7.92. The van der Waals surface area contributed by atoms with Crippen LogP contribution >= 0.6 is 0 Å². The average Bonchev–Trinajstić information content (AvgIpc) is 2.31. The Kier molecular flexibility index (Phi) is 4.37. The lowest BCUT2D eigenvalue weighted by Crippen LogP contribution is -2.49. The Hall–Kier alpha value is -0.0900. The lowest BCUT2D eigenvalue weighted by Gasteiger charge is -2.39. The van der Waals surface area contributed by atoms with Gasteiger partial charge in [0.25, 0.3) is 0 Å². The molecule has 0 radical (unpaired) electrons. The summed E-state index contributed by atoms with van der Waals surface area (Å²) in [6.07, 6.45) is 6.04. The third kappa shape index (κ3) is 2.90. The molecule has 2 aliphatic rings. The van der Waals surface area contributed by atoms with Gasteiger partial charge in [0.05, 0.1) is 11.0 Å². The van der Waals surface area contributed by atoms with E-state index in [4.69, 9.17) is 5.73 Å². The minimum absolute atomic E-state index is 0.134. The van der Waals surface area contributed by atoms with Crippen molar-refractivity contribution in [3.63, 3.8) is 0 Å². The Morgan fingerprint density at radius 2 is 1.78 bits per heavy atom. The lowest BCUT2D eigenvalue weighted by atomic mass is 9.72. The molecule has 1 aliphatic heterocycles. The molecule has 3 nitrogen and oxygen atoms in total. The number of nitrogens with two attached hydrogens (primary N) is 1. The monoisotopic (exact) mass is 273 g/mol. The second kappa shape index (κ2) is 5.49. The van der Waals surface area contributed by atoms with Crippen LogP contribution < -0.4 is 5.73 Å². The zero-order chi connectivity index (χ0) is 13.3. The minimum atomic E-state index is -2.93. The smallest absolute Gasteiger partial charge is 0.154 e. The van der Waals surface area contributed by atoms with E-state index < -0.39 is 9.84 Å². The van der Waals surface area contributed by atoms with E-state index in [0.29, 0.717) is 17.6 Å². The minimum Gasteiger partial charge on any atom is -0.326 e. The van der Waals surface area contributed by atoms with Gasteiger partial charge in [0.2, 0.25) is 0 Å². The van der Waals surface area contributed by atoms with Crippen LogP contribution in [0.5, 0.6) is 0 Å². The van der Waals surface area contributed by atoms with Crippen LogP contribution in [0, 0.1) is 17.8 Å². The summed E-state index contributed by atoms with van der Waals surface area (Å²) >= 11 is 0. The molecule has 18 heavy (non-hydrogen) atoms. The second-order valence-corrected chi connectivity index (χ2v) is 8.85. The third-order valence-electron chi connectivity index (χ3n) is 5.24. The Bertz CT molecular complexity index is 379. The maximum absolute atomic E-state index is 12.1. The molecule has 1 saturated carbocycles. The maximum Gasteiger partial charge on any atom is 0.154 e. The molecular weight excluding hydrogens is 246 g/mol. The molecule has 5 unspecified atom stereocenters. The fourth-order valence-electron chi connectivity index (χ4n) is 3.65. The van der Waals surface area contributed by atoms with E-state index in [0.717, 1.165) is 38.0 Å². The molecule has 2 fully saturated rings. The van der Waals surface area contributed by atoms with Gasteiger partial charge in [0.15, 0.2) is 9.84 Å². The van der Waals surface area contributed by atoms with E-state index >= 15 is 0 Å². The van der Waals surface area contributed by atoms with Crippen LogP contribution in [-0.4, -0.2) is 25.5 Å². The first kappa shape index (κ1) is 14.3. The van der Waals surface area contributed by atoms with Crippen LogP contribution in [0.25, 0.3) is 0 Å². The van der Waals surface area contributed by atoms with Crippen molar-refractivity contribution in [2.75, 3.05) is 5.75 Å². The molecule has 0 amide bonds. The summed E-state index contributed by atoms with van der Waals surface area (Å²) in [5.41, 5.74) is 6.33. The van der Waals surface area contributed by atoms with Crippen molar-refractivity contribution >= 4 is 9.84 Å². The van der Waals surface area contributed by atoms with Gasteiger partial charge in [-0.05, 0) is 43.4 Å². The number of rotatable bonds is 2. The number of hydrogen-bond acceptors (Lipinski definition) is 3. The topological polar surface area (TPSA) is 60.2 Å². The molecule has 4 heteroatoms. The highest BCUT2D eigenvalue weighted by Gasteiger charge is 2.39. The predicted molar refractivity (Wildman–Crippen MR) is 75.1 cm³/mol. The first-order chi connectivity index (χ1) is 8.42. The van der Waals surface area contributed by atoms with Gasteiger partial charge in [-0.3, -0.25) is 0 Å². The molecule has 1 aliphatic carbocycles. The summed E-state index contributed by atoms with van der Waals surface area (Å²) in [7, 11) is -2.93. The van der Waals surface area contributed by atoms with Crippen LogP contribution in [0.15, 0.2) is 0 Å². The van der Waals surface area contributed by atoms with E-state index in [1.165, 1.54) is 6.42 Å². The van der Waals surface area contributed by atoms with E-state index in [-0.39, 0.29) is 11.3 Å². The number of hydrogen-bond donors (Lipinski definition) is 1. The summed E-state index contributed by atoms with van der Waals surface area (Å²) in [5, 5.41) is -0.267. The third-order valence-corrected chi connectivity index (χ3v) is 7.57. The van der Waals surface area contributed by atoms with Crippen LogP contribution in [0.2, 0.25) is 0 Å². The van der Waals surface area contributed by atoms with Crippen LogP contribution in [0.1, 0.15) is 52.4 Å². The molecule has 2 rings (SSSR count). The van der Waals surface area contributed by atoms with Gasteiger partial charge < -0.3 is 5.73 Å². The predicted octanol–water partition coefficient (Wildman–Crippen LogP) is 2.35. The molecular formula is C14H27NO2S. The highest BCUT2D eigenvalue weighted by Crippen LogP contribution is 2.37. The van der Waals surface area contributed by atoms with E-state index in [2.05, 4.69) is 13.8 Å². The Morgan fingerprint density at radius 1 is 1.06 bits per heavy atom. The largest absolute Gasteiger partial charge is 0.326 e.